The predicted molar refractivity (Wildman–Crippen MR) is 109 cm³/mol. The van der Waals surface area contributed by atoms with Gasteiger partial charge >= 0.3 is 6.03 Å². The quantitative estimate of drug-likeness (QED) is 0.857. The van der Waals surface area contributed by atoms with E-state index in [-0.39, 0.29) is 6.03 Å². The fourth-order valence-corrected chi connectivity index (χ4v) is 3.57. The third-order valence-electron chi connectivity index (χ3n) is 5.19. The maximum atomic E-state index is 12.5. The van der Waals surface area contributed by atoms with Crippen molar-refractivity contribution in [3.63, 3.8) is 0 Å². The van der Waals surface area contributed by atoms with Gasteiger partial charge in [0.15, 0.2) is 0 Å². The van der Waals surface area contributed by atoms with Gasteiger partial charge < -0.3 is 24.8 Å². The fourth-order valence-electron chi connectivity index (χ4n) is 3.57. The highest BCUT2D eigenvalue weighted by Gasteiger charge is 2.27. The Hall–Kier alpha value is -3.03. The second-order valence-corrected chi connectivity index (χ2v) is 7.22. The van der Waals surface area contributed by atoms with Crippen molar-refractivity contribution in [3.8, 4) is 5.75 Å². The largest absolute Gasteiger partial charge is 0.497 e. The van der Waals surface area contributed by atoms with E-state index in [1.807, 2.05) is 41.6 Å². The van der Waals surface area contributed by atoms with E-state index in [1.165, 1.54) is 0 Å². The monoisotopic (exact) mass is 382 g/mol. The van der Waals surface area contributed by atoms with E-state index >= 15 is 0 Å². The first-order valence-electron chi connectivity index (χ1n) is 9.63. The highest BCUT2D eigenvalue weighted by molar-refractivity contribution is 6.03. The molecule has 2 amide bonds. The van der Waals surface area contributed by atoms with Crippen molar-refractivity contribution in [2.45, 2.75) is 19.5 Å². The third-order valence-corrected chi connectivity index (χ3v) is 5.19. The second-order valence-electron chi connectivity index (χ2n) is 7.22. The van der Waals surface area contributed by atoms with E-state index in [2.05, 4.69) is 32.0 Å². The average molecular weight is 382 g/mol. The van der Waals surface area contributed by atoms with Gasteiger partial charge in [-0.05, 0) is 24.6 Å². The van der Waals surface area contributed by atoms with E-state index in [4.69, 9.17) is 4.74 Å². The van der Waals surface area contributed by atoms with Crippen LogP contribution >= 0.6 is 0 Å². The Morgan fingerprint density at radius 2 is 1.96 bits per heavy atom. The van der Waals surface area contributed by atoms with Gasteiger partial charge in [0.2, 0.25) is 0 Å². The summed E-state index contributed by atoms with van der Waals surface area (Å²) >= 11 is 0. The number of ether oxygens (including phenoxy) is 1. The molecule has 4 rings (SSSR count). The van der Waals surface area contributed by atoms with Crippen LogP contribution in [0.3, 0.4) is 0 Å². The molecule has 3 aliphatic heterocycles. The number of amides is 2. The van der Waals surface area contributed by atoms with Crippen molar-refractivity contribution < 1.29 is 9.53 Å². The average Bonchev–Trinajstić information content (AvgIpc) is 3.11. The zero-order valence-corrected chi connectivity index (χ0v) is 16.3. The summed E-state index contributed by atoms with van der Waals surface area (Å²) in [5.41, 5.74) is 1.05. The topological polar surface area (TPSA) is 72.8 Å². The molecule has 0 bridgehead atoms. The van der Waals surface area contributed by atoms with Crippen molar-refractivity contribution in [1.82, 2.24) is 20.0 Å². The predicted octanol–water partition coefficient (Wildman–Crippen LogP) is 1.51. The van der Waals surface area contributed by atoms with E-state index in [0.717, 1.165) is 42.6 Å². The molecular weight excluding hydrogens is 356 g/mol. The lowest BCUT2D eigenvalue weighted by molar-refractivity contribution is 0.156. The summed E-state index contributed by atoms with van der Waals surface area (Å²) in [6.45, 7) is 6.39. The lowest BCUT2D eigenvalue weighted by Crippen LogP contribution is -2.51. The number of urea groups is 1. The summed E-state index contributed by atoms with van der Waals surface area (Å²) < 4.78 is 5.15. The number of amidine groups is 1. The Balaban J connectivity index is 1.27. The number of hydrogen-bond donors (Lipinski definition) is 1. The van der Waals surface area contributed by atoms with E-state index in [1.54, 1.807) is 7.11 Å². The Bertz CT molecular complexity index is 808. The fraction of sp³-hybridized carbons (Fsp3) is 0.450. The zero-order valence-electron chi connectivity index (χ0n) is 16.3. The minimum Gasteiger partial charge on any atom is -0.497 e. The number of benzene rings is 1. The SMILES string of the molecule is COc1ccc(CNC(=O)N2CCN(C3=CC4=N[C@@H](C)CN4C=N3)CC2)cc1. The summed E-state index contributed by atoms with van der Waals surface area (Å²) in [6, 6.07) is 7.99. The van der Waals surface area contributed by atoms with Crippen molar-refractivity contribution in [2.75, 3.05) is 39.8 Å². The van der Waals surface area contributed by atoms with Gasteiger partial charge in [-0.15, -0.1) is 0 Å². The van der Waals surface area contributed by atoms with Gasteiger partial charge in [-0.2, -0.15) is 0 Å². The van der Waals surface area contributed by atoms with Crippen molar-refractivity contribution in [3.05, 3.63) is 41.7 Å². The molecule has 28 heavy (non-hydrogen) atoms. The molecule has 0 unspecified atom stereocenters. The number of nitrogens with one attached hydrogen (secondary N) is 1. The molecule has 1 atom stereocenters. The molecule has 1 saturated heterocycles. The molecular formula is C20H26N6O2. The number of piperazine rings is 1. The maximum Gasteiger partial charge on any atom is 0.317 e. The molecule has 1 aromatic carbocycles. The molecule has 0 saturated carbocycles. The van der Waals surface area contributed by atoms with Crippen LogP contribution in [0.2, 0.25) is 0 Å². The number of aliphatic imine (C=N–C) groups is 2. The van der Waals surface area contributed by atoms with Gasteiger partial charge in [0.25, 0.3) is 0 Å². The number of methoxy groups -OCH3 is 1. The molecule has 148 valence electrons. The molecule has 0 radical (unpaired) electrons. The molecule has 8 nitrogen and oxygen atoms in total. The minimum absolute atomic E-state index is 0.0308. The lowest BCUT2D eigenvalue weighted by atomic mass is 10.2. The van der Waals surface area contributed by atoms with Crippen LogP contribution in [-0.2, 0) is 6.54 Å². The minimum atomic E-state index is -0.0308. The molecule has 0 spiro atoms. The number of rotatable bonds is 4. The number of fused-ring (bicyclic) bond motifs is 1. The first kappa shape index (κ1) is 18.3. The van der Waals surface area contributed by atoms with Crippen molar-refractivity contribution in [2.24, 2.45) is 9.98 Å². The summed E-state index contributed by atoms with van der Waals surface area (Å²) in [7, 11) is 1.64. The van der Waals surface area contributed by atoms with Gasteiger partial charge in [-0.1, -0.05) is 12.1 Å². The Labute approximate surface area is 165 Å². The first-order valence-corrected chi connectivity index (χ1v) is 9.63. The van der Waals surface area contributed by atoms with Crippen LogP contribution in [-0.4, -0.2) is 78.8 Å². The molecule has 0 aliphatic carbocycles. The van der Waals surface area contributed by atoms with Gasteiger partial charge in [0.05, 0.1) is 19.5 Å². The summed E-state index contributed by atoms with van der Waals surface area (Å²) in [5, 5.41) is 2.99. The molecule has 3 aliphatic rings. The second kappa shape index (κ2) is 7.92. The van der Waals surface area contributed by atoms with E-state index in [9.17, 15) is 4.79 Å². The first-order chi connectivity index (χ1) is 13.6. The Morgan fingerprint density at radius 3 is 2.68 bits per heavy atom. The Kier molecular flexibility index (Phi) is 5.18. The zero-order chi connectivity index (χ0) is 19.5. The molecule has 0 aromatic heterocycles. The van der Waals surface area contributed by atoms with E-state index in [0.29, 0.717) is 25.7 Å². The normalized spacial score (nSPS) is 21.2. The van der Waals surface area contributed by atoms with Crippen LogP contribution in [0.1, 0.15) is 12.5 Å². The van der Waals surface area contributed by atoms with Gasteiger partial charge in [0, 0.05) is 45.3 Å². The smallest absolute Gasteiger partial charge is 0.317 e. The van der Waals surface area contributed by atoms with Crippen LogP contribution in [0.25, 0.3) is 0 Å². The van der Waals surface area contributed by atoms with Crippen LogP contribution in [0.4, 0.5) is 4.79 Å². The molecule has 8 heteroatoms. The Morgan fingerprint density at radius 1 is 1.21 bits per heavy atom. The van der Waals surface area contributed by atoms with Gasteiger partial charge in [0.1, 0.15) is 17.4 Å². The highest BCUT2D eigenvalue weighted by Crippen LogP contribution is 2.18. The number of nitrogens with zero attached hydrogens (tertiary/aromatic N) is 5. The number of carbonyl (C=O) groups excluding carboxylic acids is 1. The maximum absolute atomic E-state index is 12.5. The molecule has 1 aromatic rings. The third kappa shape index (κ3) is 3.95. The van der Waals surface area contributed by atoms with Crippen LogP contribution in [0, 0.1) is 0 Å². The number of hydrogen-bond acceptors (Lipinski definition) is 6. The van der Waals surface area contributed by atoms with Crippen molar-refractivity contribution >= 4 is 18.2 Å². The summed E-state index contributed by atoms with van der Waals surface area (Å²) in [5.74, 6) is 2.73. The van der Waals surface area contributed by atoms with Gasteiger partial charge in [-0.3, -0.25) is 4.99 Å². The van der Waals surface area contributed by atoms with Gasteiger partial charge in [-0.25, -0.2) is 9.79 Å². The summed E-state index contributed by atoms with van der Waals surface area (Å²) in [6.07, 6.45) is 3.91. The summed E-state index contributed by atoms with van der Waals surface area (Å²) in [4.78, 5) is 27.8. The standard InChI is InChI=1S/C20H26N6O2/c1-15-13-26-14-22-18(11-19(26)23-15)24-7-9-25(10-8-24)20(27)21-12-16-3-5-17(28-2)6-4-16/h3-6,11,14-15H,7-10,12-13H2,1-2H3,(H,21,27)/t15-/m0/s1. The lowest BCUT2D eigenvalue weighted by Gasteiger charge is -2.36. The van der Waals surface area contributed by atoms with Crippen LogP contribution in [0.15, 0.2) is 46.1 Å². The van der Waals surface area contributed by atoms with Crippen LogP contribution in [0.5, 0.6) is 5.75 Å². The highest BCUT2D eigenvalue weighted by atomic mass is 16.5. The molecule has 1 fully saturated rings. The van der Waals surface area contributed by atoms with Crippen molar-refractivity contribution in [1.29, 1.82) is 0 Å². The molecule has 3 heterocycles. The van der Waals surface area contributed by atoms with Crippen LogP contribution < -0.4 is 10.1 Å². The molecule has 1 N–H and O–H groups in total. The number of carbonyl (C=O) groups is 1. The van der Waals surface area contributed by atoms with E-state index < -0.39 is 0 Å².